The van der Waals surface area contributed by atoms with Crippen molar-refractivity contribution in [1.82, 2.24) is 4.57 Å². The van der Waals surface area contributed by atoms with Crippen molar-refractivity contribution in [3.05, 3.63) is 66.6 Å². The molecule has 0 fully saturated rings. The van der Waals surface area contributed by atoms with Gasteiger partial charge in [0.25, 0.3) is 5.69 Å². The number of aryl methyl sites for hydroxylation is 1. The Kier molecular flexibility index (Phi) is 5.30. The Morgan fingerprint density at radius 3 is 2.38 bits per heavy atom. The highest BCUT2D eigenvalue weighted by atomic mass is 16.6. The Labute approximate surface area is 146 Å². The Balaban J connectivity index is 2.31. The van der Waals surface area contributed by atoms with Gasteiger partial charge in [0.1, 0.15) is 18.0 Å². The summed E-state index contributed by atoms with van der Waals surface area (Å²) in [6.45, 7) is 0.976. The van der Waals surface area contributed by atoms with Gasteiger partial charge in [-0.25, -0.2) is 0 Å². The van der Waals surface area contributed by atoms with Gasteiger partial charge in [-0.05, 0) is 25.1 Å². The number of nitro groups is 2. The number of anilines is 1. The second-order valence-electron chi connectivity index (χ2n) is 5.20. The van der Waals surface area contributed by atoms with Gasteiger partial charge in [-0.15, -0.1) is 0 Å². The highest BCUT2D eigenvalue weighted by molar-refractivity contribution is 5.93. The predicted molar refractivity (Wildman–Crippen MR) is 90.4 cm³/mol. The lowest BCUT2D eigenvalue weighted by Crippen LogP contribution is -2.30. The standard InChI is InChI=1S/C15H14N4O7/c1-9-3-6-12(18(22)23)15(21)17(9)8-14(20)16-11-5-4-10(26-2)7-13(11)19(24)25/h3-7H,8H2,1-2H3,(H,16,20). The fourth-order valence-electron chi connectivity index (χ4n) is 2.22. The lowest BCUT2D eigenvalue weighted by molar-refractivity contribution is -0.386. The predicted octanol–water partition coefficient (Wildman–Crippen LogP) is 1.62. The number of nitrogens with zero attached hydrogens (tertiary/aromatic N) is 3. The molecule has 1 aromatic heterocycles. The maximum absolute atomic E-state index is 12.2. The Morgan fingerprint density at radius 1 is 1.15 bits per heavy atom. The van der Waals surface area contributed by atoms with Crippen LogP contribution in [0.25, 0.3) is 0 Å². The summed E-state index contributed by atoms with van der Waals surface area (Å²) in [4.78, 5) is 44.7. The number of hydrogen-bond donors (Lipinski definition) is 1. The van der Waals surface area contributed by atoms with E-state index in [0.29, 0.717) is 5.69 Å². The molecular formula is C15H14N4O7. The van der Waals surface area contributed by atoms with E-state index in [1.165, 1.54) is 32.2 Å². The third-order valence-corrected chi connectivity index (χ3v) is 3.55. The van der Waals surface area contributed by atoms with E-state index in [1.54, 1.807) is 0 Å². The van der Waals surface area contributed by atoms with Gasteiger partial charge in [-0.3, -0.25) is 34.4 Å². The van der Waals surface area contributed by atoms with Crippen LogP contribution in [-0.4, -0.2) is 27.4 Å². The molecule has 0 bridgehead atoms. The molecule has 0 spiro atoms. The quantitative estimate of drug-likeness (QED) is 0.606. The molecule has 0 atom stereocenters. The average Bonchev–Trinajstić information content (AvgIpc) is 2.58. The molecule has 0 aliphatic carbocycles. The van der Waals surface area contributed by atoms with Gasteiger partial charge in [-0.2, -0.15) is 0 Å². The molecule has 0 saturated carbocycles. The molecule has 2 rings (SSSR count). The van der Waals surface area contributed by atoms with E-state index in [-0.39, 0.29) is 17.1 Å². The Bertz CT molecular complexity index is 951. The fraction of sp³-hybridized carbons (Fsp3) is 0.200. The molecule has 11 nitrogen and oxygen atoms in total. The molecule has 1 aromatic carbocycles. The van der Waals surface area contributed by atoms with Crippen LogP contribution in [0, 0.1) is 27.2 Å². The van der Waals surface area contributed by atoms with Crippen LogP contribution in [0.4, 0.5) is 17.1 Å². The van der Waals surface area contributed by atoms with Crippen molar-refractivity contribution in [2.75, 3.05) is 12.4 Å². The number of carbonyl (C=O) groups excluding carboxylic acids is 1. The molecule has 0 radical (unpaired) electrons. The van der Waals surface area contributed by atoms with Crippen molar-refractivity contribution in [2.45, 2.75) is 13.5 Å². The smallest absolute Gasteiger partial charge is 0.334 e. The van der Waals surface area contributed by atoms with E-state index in [0.717, 1.165) is 16.7 Å². The summed E-state index contributed by atoms with van der Waals surface area (Å²) in [5, 5.41) is 24.3. The maximum atomic E-state index is 12.2. The van der Waals surface area contributed by atoms with Crippen LogP contribution in [0.5, 0.6) is 5.75 Å². The number of rotatable bonds is 6. The van der Waals surface area contributed by atoms with Gasteiger partial charge in [0.05, 0.1) is 23.0 Å². The maximum Gasteiger partial charge on any atom is 0.334 e. The number of nitro benzene ring substituents is 1. The Morgan fingerprint density at radius 2 is 1.81 bits per heavy atom. The zero-order valence-corrected chi connectivity index (χ0v) is 13.8. The minimum Gasteiger partial charge on any atom is -0.496 e. The molecule has 1 heterocycles. The molecule has 1 N–H and O–H groups in total. The number of ether oxygens (including phenoxy) is 1. The highest BCUT2D eigenvalue weighted by Crippen LogP contribution is 2.28. The van der Waals surface area contributed by atoms with E-state index < -0.39 is 33.5 Å². The normalized spacial score (nSPS) is 10.2. The minimum absolute atomic E-state index is 0.0862. The summed E-state index contributed by atoms with van der Waals surface area (Å²) < 4.78 is 5.82. The summed E-state index contributed by atoms with van der Waals surface area (Å²) in [6, 6.07) is 6.24. The number of aromatic nitrogens is 1. The lowest BCUT2D eigenvalue weighted by Gasteiger charge is -2.11. The summed E-state index contributed by atoms with van der Waals surface area (Å²) >= 11 is 0. The van der Waals surface area contributed by atoms with E-state index in [2.05, 4.69) is 5.32 Å². The first-order valence-electron chi connectivity index (χ1n) is 7.21. The molecule has 11 heteroatoms. The zero-order valence-electron chi connectivity index (χ0n) is 13.8. The van der Waals surface area contributed by atoms with E-state index >= 15 is 0 Å². The molecule has 2 aromatic rings. The van der Waals surface area contributed by atoms with Crippen molar-refractivity contribution in [3.63, 3.8) is 0 Å². The molecule has 0 saturated heterocycles. The second-order valence-corrected chi connectivity index (χ2v) is 5.20. The summed E-state index contributed by atoms with van der Waals surface area (Å²) in [5.74, 6) is -0.510. The number of hydrogen-bond acceptors (Lipinski definition) is 7. The topological polar surface area (TPSA) is 147 Å². The minimum atomic E-state index is -0.936. The van der Waals surface area contributed by atoms with Gasteiger partial charge >= 0.3 is 11.2 Å². The molecule has 0 aliphatic heterocycles. The first-order valence-corrected chi connectivity index (χ1v) is 7.21. The van der Waals surface area contributed by atoms with Crippen LogP contribution >= 0.6 is 0 Å². The van der Waals surface area contributed by atoms with E-state index in [9.17, 15) is 29.8 Å². The van der Waals surface area contributed by atoms with Crippen molar-refractivity contribution in [3.8, 4) is 5.75 Å². The van der Waals surface area contributed by atoms with Crippen LogP contribution in [0.1, 0.15) is 5.69 Å². The van der Waals surface area contributed by atoms with Crippen molar-refractivity contribution in [2.24, 2.45) is 0 Å². The monoisotopic (exact) mass is 362 g/mol. The van der Waals surface area contributed by atoms with E-state index in [1.807, 2.05) is 0 Å². The first kappa shape index (κ1) is 18.6. The van der Waals surface area contributed by atoms with E-state index in [4.69, 9.17) is 4.74 Å². The largest absolute Gasteiger partial charge is 0.496 e. The number of benzene rings is 1. The Hall–Kier alpha value is -3.76. The number of carbonyl (C=O) groups is 1. The number of methoxy groups -OCH3 is 1. The van der Waals surface area contributed by atoms with Crippen LogP contribution in [0.15, 0.2) is 35.1 Å². The molecule has 136 valence electrons. The number of nitrogens with one attached hydrogen (secondary N) is 1. The first-order chi connectivity index (χ1) is 12.2. The fourth-order valence-corrected chi connectivity index (χ4v) is 2.22. The second kappa shape index (κ2) is 7.42. The zero-order chi connectivity index (χ0) is 19.4. The molecule has 26 heavy (non-hydrogen) atoms. The average molecular weight is 362 g/mol. The number of pyridine rings is 1. The van der Waals surface area contributed by atoms with Crippen LogP contribution < -0.4 is 15.6 Å². The van der Waals surface area contributed by atoms with Crippen molar-refractivity contribution < 1.29 is 19.4 Å². The molecular weight excluding hydrogens is 348 g/mol. The van der Waals surface area contributed by atoms with Crippen molar-refractivity contribution in [1.29, 1.82) is 0 Å². The molecule has 0 aliphatic rings. The third kappa shape index (κ3) is 3.83. The van der Waals surface area contributed by atoms with Gasteiger partial charge < -0.3 is 10.1 Å². The molecule has 1 amide bonds. The van der Waals surface area contributed by atoms with Gasteiger partial charge in [0, 0.05) is 11.8 Å². The van der Waals surface area contributed by atoms with Gasteiger partial charge in [0.2, 0.25) is 5.91 Å². The van der Waals surface area contributed by atoms with Gasteiger partial charge in [0.15, 0.2) is 0 Å². The third-order valence-electron chi connectivity index (χ3n) is 3.55. The van der Waals surface area contributed by atoms with Crippen LogP contribution in [0.3, 0.4) is 0 Å². The summed E-state index contributed by atoms with van der Waals surface area (Å²) in [7, 11) is 1.34. The van der Waals surface area contributed by atoms with Gasteiger partial charge in [-0.1, -0.05) is 0 Å². The van der Waals surface area contributed by atoms with Crippen LogP contribution in [-0.2, 0) is 11.3 Å². The summed E-state index contributed by atoms with van der Waals surface area (Å²) in [5.41, 5.74) is -1.74. The number of amides is 1. The lowest BCUT2D eigenvalue weighted by atomic mass is 10.2. The van der Waals surface area contributed by atoms with Crippen molar-refractivity contribution >= 4 is 23.0 Å². The summed E-state index contributed by atoms with van der Waals surface area (Å²) in [6.07, 6.45) is 0. The SMILES string of the molecule is COc1ccc(NC(=O)Cn2c(C)ccc([N+](=O)[O-])c2=O)c([N+](=O)[O-])c1. The molecule has 0 unspecified atom stereocenters. The highest BCUT2D eigenvalue weighted by Gasteiger charge is 2.20. The van der Waals surface area contributed by atoms with Crippen LogP contribution in [0.2, 0.25) is 0 Å².